The predicted octanol–water partition coefficient (Wildman–Crippen LogP) is 0.199. The summed E-state index contributed by atoms with van der Waals surface area (Å²) in [4.78, 5) is 34.4. The van der Waals surface area contributed by atoms with Gasteiger partial charge >= 0.3 is 17.9 Å². The zero-order chi connectivity index (χ0) is 20.4. The maximum absolute atomic E-state index is 11.6. The van der Waals surface area contributed by atoms with Gasteiger partial charge in [0, 0.05) is 20.8 Å². The molecule has 28 heavy (non-hydrogen) atoms. The Morgan fingerprint density at radius 2 is 1.79 bits per heavy atom. The van der Waals surface area contributed by atoms with E-state index in [2.05, 4.69) is 20.5 Å². The summed E-state index contributed by atoms with van der Waals surface area (Å²) in [5.41, 5.74) is 0.617. The van der Waals surface area contributed by atoms with Gasteiger partial charge in [-0.15, -0.1) is 10.2 Å². The second kappa shape index (κ2) is 8.02. The van der Waals surface area contributed by atoms with Crippen molar-refractivity contribution in [2.45, 2.75) is 45.3 Å². The van der Waals surface area contributed by atoms with Gasteiger partial charge < -0.3 is 18.9 Å². The Labute approximate surface area is 163 Å². The van der Waals surface area contributed by atoms with Crippen molar-refractivity contribution in [3.05, 3.63) is 11.3 Å². The normalized spacial score (nSPS) is 24.1. The van der Waals surface area contributed by atoms with Gasteiger partial charge in [0.15, 0.2) is 29.1 Å². The first-order valence-corrected chi connectivity index (χ1v) is 8.51. The van der Waals surface area contributed by atoms with E-state index in [-0.39, 0.29) is 17.3 Å². The molecule has 0 aliphatic carbocycles. The highest BCUT2D eigenvalue weighted by molar-refractivity contribution is 6.33. The third kappa shape index (κ3) is 4.02. The van der Waals surface area contributed by atoms with Gasteiger partial charge in [-0.05, 0) is 0 Å². The number of hydrogen-bond acceptors (Lipinski definition) is 11. The van der Waals surface area contributed by atoms with Gasteiger partial charge in [0.25, 0.3) is 0 Å². The molecule has 0 saturated carbocycles. The van der Waals surface area contributed by atoms with E-state index in [0.717, 1.165) is 0 Å². The molecule has 150 valence electrons. The first kappa shape index (κ1) is 19.9. The van der Waals surface area contributed by atoms with Gasteiger partial charge in [-0.25, -0.2) is 4.68 Å². The Kier molecular flexibility index (Phi) is 5.70. The van der Waals surface area contributed by atoms with Crippen molar-refractivity contribution in [1.29, 1.82) is 0 Å². The lowest BCUT2D eigenvalue weighted by atomic mass is 10.1. The molecule has 0 N–H and O–H groups in total. The number of halogens is 1. The number of rotatable bonds is 5. The van der Waals surface area contributed by atoms with Crippen molar-refractivity contribution in [3.8, 4) is 0 Å². The number of esters is 3. The average Bonchev–Trinajstić information content (AvgIpc) is 3.16. The fraction of sp³-hybridized carbons (Fsp3) is 0.533. The molecule has 1 aliphatic rings. The van der Waals surface area contributed by atoms with Crippen LogP contribution in [0, 0.1) is 0 Å². The Hall–Kier alpha value is -2.86. The maximum Gasteiger partial charge on any atom is 0.303 e. The SMILES string of the molecule is CC(=O)OCC1OC(n2nnc3c(Cl)nncc32)C(OC(C)=O)C1OC(C)=O. The van der Waals surface area contributed by atoms with Crippen LogP contribution in [-0.2, 0) is 33.3 Å². The standard InChI is InChI=1S/C15H16ClN5O7/c1-6(22)25-5-10-12(26-7(2)23)13(27-8(3)24)15(28-10)21-9-4-17-19-14(16)11(9)18-20-21/h4,10,12-13,15H,5H2,1-3H3. The quantitative estimate of drug-likeness (QED) is 0.489. The number of carbonyl (C=O) groups is 3. The first-order chi connectivity index (χ1) is 13.3. The monoisotopic (exact) mass is 413 g/mol. The number of ether oxygens (including phenoxy) is 4. The van der Waals surface area contributed by atoms with Crippen LogP contribution in [0.15, 0.2) is 6.20 Å². The molecule has 4 atom stereocenters. The van der Waals surface area contributed by atoms with Gasteiger partial charge in [0.1, 0.15) is 18.2 Å². The average molecular weight is 414 g/mol. The van der Waals surface area contributed by atoms with E-state index in [1.54, 1.807) is 0 Å². The molecular formula is C15H16ClN5O7. The zero-order valence-corrected chi connectivity index (χ0v) is 15.8. The summed E-state index contributed by atoms with van der Waals surface area (Å²) in [7, 11) is 0. The smallest absolute Gasteiger partial charge is 0.303 e. The summed E-state index contributed by atoms with van der Waals surface area (Å²) >= 11 is 5.97. The third-order valence-electron chi connectivity index (χ3n) is 3.83. The van der Waals surface area contributed by atoms with Crippen LogP contribution in [0.5, 0.6) is 0 Å². The lowest BCUT2D eigenvalue weighted by Crippen LogP contribution is -2.40. The van der Waals surface area contributed by atoms with Crippen molar-refractivity contribution in [2.24, 2.45) is 0 Å². The molecule has 3 heterocycles. The minimum Gasteiger partial charge on any atom is -0.463 e. The molecule has 13 heteroatoms. The van der Waals surface area contributed by atoms with Crippen LogP contribution in [0.25, 0.3) is 11.0 Å². The molecule has 0 spiro atoms. The Morgan fingerprint density at radius 1 is 1.11 bits per heavy atom. The first-order valence-electron chi connectivity index (χ1n) is 8.13. The Balaban J connectivity index is 2.01. The molecule has 2 aromatic rings. The van der Waals surface area contributed by atoms with Crippen LogP contribution in [0.3, 0.4) is 0 Å². The molecule has 0 radical (unpaired) electrons. The van der Waals surface area contributed by atoms with Crippen LogP contribution in [-0.4, -0.2) is 68.0 Å². The van der Waals surface area contributed by atoms with Gasteiger partial charge in [0.05, 0.1) is 6.20 Å². The number of hydrogen-bond donors (Lipinski definition) is 0. The number of aromatic nitrogens is 5. The molecule has 2 aromatic heterocycles. The van der Waals surface area contributed by atoms with E-state index in [1.165, 1.54) is 31.6 Å². The summed E-state index contributed by atoms with van der Waals surface area (Å²) in [5.74, 6) is -1.81. The minimum absolute atomic E-state index is 0.0267. The van der Waals surface area contributed by atoms with Gasteiger partial charge in [-0.1, -0.05) is 16.8 Å². The fourth-order valence-corrected chi connectivity index (χ4v) is 3.01. The summed E-state index contributed by atoms with van der Waals surface area (Å²) in [6, 6.07) is 0. The van der Waals surface area contributed by atoms with Crippen LogP contribution in [0.4, 0.5) is 0 Å². The lowest BCUT2D eigenvalue weighted by molar-refractivity contribution is -0.166. The molecule has 0 amide bonds. The highest BCUT2D eigenvalue weighted by Gasteiger charge is 2.51. The molecule has 0 bridgehead atoms. The zero-order valence-electron chi connectivity index (χ0n) is 15.1. The predicted molar refractivity (Wildman–Crippen MR) is 89.8 cm³/mol. The molecule has 12 nitrogen and oxygen atoms in total. The number of nitrogens with zero attached hydrogens (tertiary/aromatic N) is 5. The molecule has 1 fully saturated rings. The Bertz CT molecular complexity index is 919. The summed E-state index contributed by atoms with van der Waals surface area (Å²) in [6.45, 7) is 3.39. The van der Waals surface area contributed by atoms with Crippen molar-refractivity contribution < 1.29 is 33.3 Å². The molecular weight excluding hydrogens is 398 g/mol. The molecule has 1 saturated heterocycles. The van der Waals surface area contributed by atoms with Crippen molar-refractivity contribution in [2.75, 3.05) is 6.61 Å². The van der Waals surface area contributed by atoms with Gasteiger partial charge in [-0.2, -0.15) is 5.10 Å². The maximum atomic E-state index is 11.6. The van der Waals surface area contributed by atoms with Crippen LogP contribution < -0.4 is 0 Å². The van der Waals surface area contributed by atoms with E-state index in [9.17, 15) is 14.4 Å². The molecule has 3 rings (SSSR count). The Morgan fingerprint density at radius 3 is 2.43 bits per heavy atom. The second-order valence-corrected chi connectivity index (χ2v) is 6.28. The van der Waals surface area contributed by atoms with Crippen LogP contribution in [0.2, 0.25) is 5.15 Å². The number of fused-ring (bicyclic) bond motifs is 1. The highest BCUT2D eigenvalue weighted by Crippen LogP contribution is 2.35. The van der Waals surface area contributed by atoms with E-state index < -0.39 is 42.4 Å². The second-order valence-electron chi connectivity index (χ2n) is 5.92. The third-order valence-corrected chi connectivity index (χ3v) is 4.09. The van der Waals surface area contributed by atoms with Crippen molar-refractivity contribution in [1.82, 2.24) is 25.2 Å². The summed E-state index contributed by atoms with van der Waals surface area (Å²) in [5, 5.41) is 15.4. The number of carbonyl (C=O) groups excluding carboxylic acids is 3. The van der Waals surface area contributed by atoms with Crippen molar-refractivity contribution in [3.63, 3.8) is 0 Å². The van der Waals surface area contributed by atoms with E-state index in [4.69, 9.17) is 30.5 Å². The highest BCUT2D eigenvalue weighted by atomic mass is 35.5. The fourth-order valence-electron chi connectivity index (χ4n) is 2.83. The summed E-state index contributed by atoms with van der Waals surface area (Å²) in [6.07, 6.45) is -2.73. The lowest BCUT2D eigenvalue weighted by Gasteiger charge is -2.23. The van der Waals surface area contributed by atoms with E-state index in [0.29, 0.717) is 5.52 Å². The largest absolute Gasteiger partial charge is 0.463 e. The molecule has 4 unspecified atom stereocenters. The topological polar surface area (TPSA) is 145 Å². The molecule has 1 aliphatic heterocycles. The van der Waals surface area contributed by atoms with Crippen LogP contribution >= 0.6 is 11.6 Å². The van der Waals surface area contributed by atoms with Crippen molar-refractivity contribution >= 4 is 40.5 Å². The molecule has 0 aromatic carbocycles. The van der Waals surface area contributed by atoms with Gasteiger partial charge in [0.2, 0.25) is 0 Å². The summed E-state index contributed by atoms with van der Waals surface area (Å²) < 4.78 is 22.8. The van der Waals surface area contributed by atoms with E-state index >= 15 is 0 Å². The van der Waals surface area contributed by atoms with Crippen LogP contribution in [0.1, 0.15) is 27.0 Å². The minimum atomic E-state index is -1.08. The van der Waals surface area contributed by atoms with Gasteiger partial charge in [-0.3, -0.25) is 14.4 Å². The van der Waals surface area contributed by atoms with E-state index in [1.807, 2.05) is 0 Å².